The molecule has 0 aliphatic rings. The van der Waals surface area contributed by atoms with Gasteiger partial charge in [-0.25, -0.2) is 14.5 Å². The second-order valence-electron chi connectivity index (χ2n) is 3.59. The number of hydrogen-bond acceptors (Lipinski definition) is 4. The number of carboxylic acid groups (broad SMARTS) is 1. The molecule has 2 N–H and O–H groups in total. The second kappa shape index (κ2) is 3.85. The average Bonchev–Trinajstić information content (AvgIpc) is 2.57. The van der Waals surface area contributed by atoms with Crippen molar-refractivity contribution in [3.05, 3.63) is 39.6 Å². The minimum Gasteiger partial charge on any atom is -0.477 e. The summed E-state index contributed by atoms with van der Waals surface area (Å²) < 4.78 is 1.45. The van der Waals surface area contributed by atoms with E-state index in [-0.39, 0.29) is 5.95 Å². The van der Waals surface area contributed by atoms with Gasteiger partial charge in [0.2, 0.25) is 5.95 Å². The Morgan fingerprint density at radius 1 is 1.47 bits per heavy atom. The van der Waals surface area contributed by atoms with E-state index in [1.54, 1.807) is 0 Å². The molecule has 0 fully saturated rings. The normalized spacial score (nSPS) is 10.5. The number of carbonyl (C=O) groups is 1. The predicted molar refractivity (Wildman–Crippen MR) is 58.4 cm³/mol. The van der Waals surface area contributed by atoms with E-state index in [1.165, 1.54) is 4.68 Å². The number of aromatic nitrogens is 4. The molecule has 0 aliphatic heterocycles. The summed E-state index contributed by atoms with van der Waals surface area (Å²) in [5.74, 6) is -1.11. The first-order valence-corrected chi connectivity index (χ1v) is 4.85. The number of aromatic carboxylic acids is 1. The Morgan fingerprint density at radius 3 is 2.65 bits per heavy atom. The van der Waals surface area contributed by atoms with Gasteiger partial charge in [0.05, 0.1) is 11.9 Å². The smallest absolute Gasteiger partial charge is 0.342 e. The number of hydrogen-bond donors (Lipinski definition) is 2. The lowest BCUT2D eigenvalue weighted by atomic mass is 10.3. The van der Waals surface area contributed by atoms with Crippen molar-refractivity contribution < 1.29 is 9.90 Å². The molecule has 2 aromatic heterocycles. The van der Waals surface area contributed by atoms with Crippen molar-refractivity contribution >= 4 is 5.97 Å². The fraction of sp³-hybridized carbons (Fsp3) is 0.200. The molecule has 0 saturated heterocycles. The molecule has 7 nitrogen and oxygen atoms in total. The minimum atomic E-state index is -1.31. The Hall–Kier alpha value is -2.44. The molecule has 2 aromatic rings. The molecule has 0 saturated carbocycles. The molecular weight excluding hydrogens is 224 g/mol. The van der Waals surface area contributed by atoms with E-state index < -0.39 is 17.1 Å². The van der Waals surface area contributed by atoms with Crippen LogP contribution < -0.4 is 5.56 Å². The SMILES string of the molecule is Cc1cc(C)n(-c2ncc(C(=O)O)c(=O)[nH]2)n1. The van der Waals surface area contributed by atoms with Crippen LogP contribution in [0.4, 0.5) is 0 Å². The maximum atomic E-state index is 11.5. The highest BCUT2D eigenvalue weighted by atomic mass is 16.4. The molecule has 0 amide bonds. The zero-order valence-corrected chi connectivity index (χ0v) is 9.26. The Bertz CT molecular complexity index is 641. The molecule has 88 valence electrons. The van der Waals surface area contributed by atoms with Crippen LogP contribution in [0, 0.1) is 13.8 Å². The van der Waals surface area contributed by atoms with Crippen molar-refractivity contribution in [2.75, 3.05) is 0 Å². The summed E-state index contributed by atoms with van der Waals surface area (Å²) in [6.45, 7) is 3.62. The fourth-order valence-electron chi connectivity index (χ4n) is 1.49. The Morgan fingerprint density at radius 2 is 2.18 bits per heavy atom. The van der Waals surface area contributed by atoms with Crippen LogP contribution in [0.2, 0.25) is 0 Å². The molecular formula is C10H10N4O3. The van der Waals surface area contributed by atoms with Gasteiger partial charge >= 0.3 is 5.97 Å². The number of nitrogens with zero attached hydrogens (tertiary/aromatic N) is 3. The van der Waals surface area contributed by atoms with E-state index in [0.29, 0.717) is 0 Å². The highest BCUT2D eigenvalue weighted by Gasteiger charge is 2.12. The van der Waals surface area contributed by atoms with Crippen LogP contribution in [0.15, 0.2) is 17.1 Å². The van der Waals surface area contributed by atoms with E-state index in [9.17, 15) is 9.59 Å². The quantitative estimate of drug-likeness (QED) is 0.776. The van der Waals surface area contributed by atoms with Crippen molar-refractivity contribution in [2.24, 2.45) is 0 Å². The highest BCUT2D eigenvalue weighted by molar-refractivity contribution is 5.86. The molecule has 2 heterocycles. The van der Waals surface area contributed by atoms with Crippen LogP contribution in [0.5, 0.6) is 0 Å². The van der Waals surface area contributed by atoms with E-state index in [0.717, 1.165) is 17.6 Å². The number of nitrogens with one attached hydrogen (secondary N) is 1. The monoisotopic (exact) mass is 234 g/mol. The first-order chi connectivity index (χ1) is 7.99. The van der Waals surface area contributed by atoms with E-state index in [1.807, 2.05) is 19.9 Å². The van der Waals surface area contributed by atoms with Crippen LogP contribution in [0.3, 0.4) is 0 Å². The van der Waals surface area contributed by atoms with Gasteiger partial charge in [-0.2, -0.15) is 5.10 Å². The largest absolute Gasteiger partial charge is 0.477 e. The summed E-state index contributed by atoms with van der Waals surface area (Å²) in [5.41, 5.74) is 0.492. The van der Waals surface area contributed by atoms with Gasteiger partial charge in [-0.15, -0.1) is 0 Å². The van der Waals surface area contributed by atoms with Crippen LogP contribution in [0.25, 0.3) is 5.95 Å². The molecule has 0 bridgehead atoms. The summed E-state index contributed by atoms with van der Waals surface area (Å²) >= 11 is 0. The Kier molecular flexibility index (Phi) is 2.51. The minimum absolute atomic E-state index is 0.200. The lowest BCUT2D eigenvalue weighted by molar-refractivity contribution is 0.0694. The molecule has 0 radical (unpaired) electrons. The topological polar surface area (TPSA) is 101 Å². The highest BCUT2D eigenvalue weighted by Crippen LogP contribution is 2.05. The van der Waals surface area contributed by atoms with Crippen molar-refractivity contribution in [3.63, 3.8) is 0 Å². The summed E-state index contributed by atoms with van der Waals surface area (Å²) in [6, 6.07) is 1.82. The first-order valence-electron chi connectivity index (χ1n) is 4.85. The molecule has 0 aromatic carbocycles. The molecule has 2 rings (SSSR count). The summed E-state index contributed by atoms with van der Waals surface area (Å²) in [6.07, 6.45) is 1.02. The zero-order valence-electron chi connectivity index (χ0n) is 9.26. The van der Waals surface area contributed by atoms with Gasteiger partial charge in [0.15, 0.2) is 0 Å². The van der Waals surface area contributed by atoms with E-state index in [4.69, 9.17) is 5.11 Å². The number of carboxylic acids is 1. The van der Waals surface area contributed by atoms with Crippen molar-refractivity contribution in [1.82, 2.24) is 19.7 Å². The van der Waals surface area contributed by atoms with Gasteiger partial charge in [0, 0.05) is 5.69 Å². The summed E-state index contributed by atoms with van der Waals surface area (Å²) in [7, 11) is 0. The van der Waals surface area contributed by atoms with Gasteiger partial charge in [0.1, 0.15) is 5.56 Å². The van der Waals surface area contributed by atoms with Crippen molar-refractivity contribution in [1.29, 1.82) is 0 Å². The van der Waals surface area contributed by atoms with Crippen LogP contribution in [0.1, 0.15) is 21.7 Å². The third-order valence-electron chi connectivity index (χ3n) is 2.23. The number of rotatable bonds is 2. The zero-order chi connectivity index (χ0) is 12.6. The van der Waals surface area contributed by atoms with Crippen LogP contribution in [-0.2, 0) is 0 Å². The lowest BCUT2D eigenvalue weighted by Crippen LogP contribution is -2.21. The van der Waals surface area contributed by atoms with Crippen LogP contribution in [-0.4, -0.2) is 30.8 Å². The number of aryl methyl sites for hydroxylation is 2. The van der Waals surface area contributed by atoms with Crippen molar-refractivity contribution in [2.45, 2.75) is 13.8 Å². The number of aromatic amines is 1. The summed E-state index contributed by atoms with van der Waals surface area (Å²) in [5, 5.41) is 12.8. The first kappa shape index (κ1) is 11.1. The fourth-order valence-corrected chi connectivity index (χ4v) is 1.49. The van der Waals surface area contributed by atoms with Gasteiger partial charge < -0.3 is 5.11 Å². The second-order valence-corrected chi connectivity index (χ2v) is 3.59. The maximum Gasteiger partial charge on any atom is 0.342 e. The third kappa shape index (κ3) is 1.94. The Labute approximate surface area is 95.7 Å². The molecule has 0 atom stereocenters. The van der Waals surface area contributed by atoms with Gasteiger partial charge in [-0.3, -0.25) is 9.78 Å². The van der Waals surface area contributed by atoms with Crippen molar-refractivity contribution in [3.8, 4) is 5.95 Å². The van der Waals surface area contributed by atoms with E-state index in [2.05, 4.69) is 15.1 Å². The average molecular weight is 234 g/mol. The lowest BCUT2D eigenvalue weighted by Gasteiger charge is -2.02. The molecule has 0 aliphatic carbocycles. The van der Waals surface area contributed by atoms with Gasteiger partial charge in [-0.05, 0) is 19.9 Å². The standard InChI is InChI=1S/C10H10N4O3/c1-5-3-6(2)14(13-5)10-11-4-7(9(16)17)8(15)12-10/h3-4H,1-2H3,(H,16,17)(H,11,12,15). The van der Waals surface area contributed by atoms with Crippen LogP contribution >= 0.6 is 0 Å². The Balaban J connectivity index is 2.56. The predicted octanol–water partition coefficient (Wildman–Crippen LogP) is 0.271. The maximum absolute atomic E-state index is 11.5. The molecule has 0 unspecified atom stereocenters. The molecule has 17 heavy (non-hydrogen) atoms. The van der Waals surface area contributed by atoms with E-state index >= 15 is 0 Å². The third-order valence-corrected chi connectivity index (χ3v) is 2.23. The van der Waals surface area contributed by atoms with Gasteiger partial charge in [-0.1, -0.05) is 0 Å². The molecule has 7 heteroatoms. The molecule has 0 spiro atoms. The number of H-pyrrole nitrogens is 1. The van der Waals surface area contributed by atoms with Gasteiger partial charge in [0.25, 0.3) is 5.56 Å². The summed E-state index contributed by atoms with van der Waals surface area (Å²) in [4.78, 5) is 28.4.